The molecular weight excluding hydrogens is 362 g/mol. The first kappa shape index (κ1) is 18.9. The SMILES string of the molecule is COCc1nc(N)c(C(=O)Nc2ccc(Oc3sccc3C)cc2)cc1C. The van der Waals surface area contributed by atoms with Crippen LogP contribution in [0.2, 0.25) is 0 Å². The van der Waals surface area contributed by atoms with Crippen molar-refractivity contribution in [3.8, 4) is 10.8 Å². The van der Waals surface area contributed by atoms with Crippen molar-refractivity contribution in [2.45, 2.75) is 20.5 Å². The molecule has 0 spiro atoms. The molecule has 140 valence electrons. The number of hydrogen-bond donors (Lipinski definition) is 2. The molecule has 0 radical (unpaired) electrons. The van der Waals surface area contributed by atoms with Crippen LogP contribution in [0.3, 0.4) is 0 Å². The average Bonchev–Trinajstić information content (AvgIpc) is 3.04. The lowest BCUT2D eigenvalue weighted by Gasteiger charge is -2.11. The number of aryl methyl sites for hydroxylation is 2. The van der Waals surface area contributed by atoms with Gasteiger partial charge in [0.25, 0.3) is 5.91 Å². The third kappa shape index (κ3) is 4.45. The number of methoxy groups -OCH3 is 1. The maximum atomic E-state index is 12.6. The number of nitrogen functional groups attached to an aromatic ring is 1. The second-order valence-electron chi connectivity index (χ2n) is 6.09. The number of ether oxygens (including phenoxy) is 2. The number of pyridine rings is 1. The molecule has 0 saturated heterocycles. The summed E-state index contributed by atoms with van der Waals surface area (Å²) in [6.45, 7) is 4.22. The summed E-state index contributed by atoms with van der Waals surface area (Å²) in [5, 5.41) is 5.67. The fourth-order valence-electron chi connectivity index (χ4n) is 2.51. The third-order valence-corrected chi connectivity index (χ3v) is 4.90. The van der Waals surface area contributed by atoms with Gasteiger partial charge in [-0.25, -0.2) is 4.98 Å². The Morgan fingerprint density at radius 3 is 2.56 bits per heavy atom. The Morgan fingerprint density at radius 1 is 1.19 bits per heavy atom. The zero-order valence-corrected chi connectivity index (χ0v) is 16.2. The zero-order valence-electron chi connectivity index (χ0n) is 15.4. The van der Waals surface area contributed by atoms with Gasteiger partial charge in [-0.3, -0.25) is 4.79 Å². The first-order valence-electron chi connectivity index (χ1n) is 8.36. The van der Waals surface area contributed by atoms with Gasteiger partial charge in [0.2, 0.25) is 0 Å². The molecule has 0 aliphatic heterocycles. The van der Waals surface area contributed by atoms with Gasteiger partial charge in [-0.15, -0.1) is 11.3 Å². The van der Waals surface area contributed by atoms with E-state index in [1.807, 2.05) is 37.4 Å². The molecule has 0 atom stereocenters. The van der Waals surface area contributed by atoms with Gasteiger partial charge in [0, 0.05) is 18.4 Å². The number of amides is 1. The number of rotatable bonds is 6. The van der Waals surface area contributed by atoms with Gasteiger partial charge >= 0.3 is 0 Å². The van der Waals surface area contributed by atoms with Crippen LogP contribution in [0, 0.1) is 13.8 Å². The maximum absolute atomic E-state index is 12.6. The Morgan fingerprint density at radius 2 is 1.93 bits per heavy atom. The number of nitrogens with two attached hydrogens (primary N) is 1. The molecule has 0 aliphatic carbocycles. The molecule has 6 nitrogen and oxygen atoms in total. The molecule has 0 fully saturated rings. The molecule has 1 aromatic carbocycles. The second-order valence-corrected chi connectivity index (χ2v) is 6.97. The number of nitrogens with zero attached hydrogens (tertiary/aromatic N) is 1. The van der Waals surface area contributed by atoms with Crippen molar-refractivity contribution in [3.05, 3.63) is 64.2 Å². The predicted molar refractivity (Wildman–Crippen MR) is 108 cm³/mol. The summed E-state index contributed by atoms with van der Waals surface area (Å²) in [5.41, 5.74) is 9.59. The van der Waals surface area contributed by atoms with Gasteiger partial charge in [0.05, 0.1) is 17.9 Å². The van der Waals surface area contributed by atoms with Crippen LogP contribution in [-0.2, 0) is 11.3 Å². The highest BCUT2D eigenvalue weighted by Gasteiger charge is 2.14. The molecule has 0 saturated carbocycles. The van der Waals surface area contributed by atoms with Crippen LogP contribution in [0.1, 0.15) is 27.2 Å². The number of carbonyl (C=O) groups excluding carboxylic acids is 1. The Labute approximate surface area is 162 Å². The van der Waals surface area contributed by atoms with Gasteiger partial charge < -0.3 is 20.5 Å². The van der Waals surface area contributed by atoms with Crippen molar-refractivity contribution in [3.63, 3.8) is 0 Å². The minimum Gasteiger partial charge on any atom is -0.446 e. The highest BCUT2D eigenvalue weighted by molar-refractivity contribution is 7.12. The Kier molecular flexibility index (Phi) is 5.73. The van der Waals surface area contributed by atoms with Crippen molar-refractivity contribution in [1.29, 1.82) is 0 Å². The first-order chi connectivity index (χ1) is 13.0. The molecular formula is C20H21N3O3S. The van der Waals surface area contributed by atoms with Gasteiger partial charge in [0.15, 0.2) is 5.06 Å². The van der Waals surface area contributed by atoms with E-state index in [-0.39, 0.29) is 11.7 Å². The molecule has 7 heteroatoms. The van der Waals surface area contributed by atoms with Gasteiger partial charge in [0.1, 0.15) is 11.6 Å². The number of aromatic nitrogens is 1. The maximum Gasteiger partial charge on any atom is 0.259 e. The lowest BCUT2D eigenvalue weighted by molar-refractivity contribution is 0.102. The van der Waals surface area contributed by atoms with E-state index in [1.54, 1.807) is 36.6 Å². The van der Waals surface area contributed by atoms with Crippen LogP contribution in [0.4, 0.5) is 11.5 Å². The Hall–Kier alpha value is -2.90. The highest BCUT2D eigenvalue weighted by Crippen LogP contribution is 2.31. The van der Waals surface area contributed by atoms with Crippen molar-refractivity contribution in [1.82, 2.24) is 4.98 Å². The molecule has 27 heavy (non-hydrogen) atoms. The molecule has 3 aromatic rings. The molecule has 3 N–H and O–H groups in total. The van der Waals surface area contributed by atoms with Crippen LogP contribution in [0.25, 0.3) is 0 Å². The van der Waals surface area contributed by atoms with Crippen molar-refractivity contribution < 1.29 is 14.3 Å². The van der Waals surface area contributed by atoms with E-state index >= 15 is 0 Å². The summed E-state index contributed by atoms with van der Waals surface area (Å²) in [4.78, 5) is 16.8. The van der Waals surface area contributed by atoms with Gasteiger partial charge in [-0.2, -0.15) is 0 Å². The van der Waals surface area contributed by atoms with Gasteiger partial charge in [-0.05, 0) is 61.2 Å². The van der Waals surface area contributed by atoms with E-state index in [4.69, 9.17) is 15.2 Å². The van der Waals surface area contributed by atoms with Crippen molar-refractivity contribution >= 4 is 28.7 Å². The van der Waals surface area contributed by atoms with Crippen LogP contribution < -0.4 is 15.8 Å². The summed E-state index contributed by atoms with van der Waals surface area (Å²) in [7, 11) is 1.59. The largest absolute Gasteiger partial charge is 0.446 e. The highest BCUT2D eigenvalue weighted by atomic mass is 32.1. The summed E-state index contributed by atoms with van der Waals surface area (Å²) < 4.78 is 10.9. The number of carbonyl (C=O) groups is 1. The summed E-state index contributed by atoms with van der Waals surface area (Å²) in [6.07, 6.45) is 0. The average molecular weight is 383 g/mol. The normalized spacial score (nSPS) is 10.6. The van der Waals surface area contributed by atoms with Gasteiger partial charge in [-0.1, -0.05) is 0 Å². The van der Waals surface area contributed by atoms with E-state index in [9.17, 15) is 4.79 Å². The van der Waals surface area contributed by atoms with Crippen molar-refractivity contribution in [2.75, 3.05) is 18.2 Å². The summed E-state index contributed by atoms with van der Waals surface area (Å²) >= 11 is 1.54. The van der Waals surface area contributed by atoms with Crippen LogP contribution in [-0.4, -0.2) is 18.0 Å². The molecule has 1 amide bonds. The Balaban J connectivity index is 1.71. The zero-order chi connectivity index (χ0) is 19.4. The fourth-order valence-corrected chi connectivity index (χ4v) is 3.30. The quantitative estimate of drug-likeness (QED) is 0.653. The van der Waals surface area contributed by atoms with E-state index in [0.717, 1.165) is 21.9 Å². The summed E-state index contributed by atoms with van der Waals surface area (Å²) in [6, 6.07) is 10.9. The fraction of sp³-hybridized carbons (Fsp3) is 0.200. The molecule has 0 aliphatic rings. The van der Waals surface area contributed by atoms with Crippen LogP contribution >= 0.6 is 11.3 Å². The Bertz CT molecular complexity index is 952. The van der Waals surface area contributed by atoms with Crippen LogP contribution in [0.5, 0.6) is 10.8 Å². The van der Waals surface area contributed by atoms with E-state index in [1.165, 1.54) is 0 Å². The van der Waals surface area contributed by atoms with E-state index in [0.29, 0.717) is 23.6 Å². The number of hydrogen-bond acceptors (Lipinski definition) is 6. The van der Waals surface area contributed by atoms with Crippen molar-refractivity contribution in [2.24, 2.45) is 0 Å². The van der Waals surface area contributed by atoms with Crippen LogP contribution in [0.15, 0.2) is 41.8 Å². The van der Waals surface area contributed by atoms with E-state index < -0.39 is 0 Å². The number of anilines is 2. The minimum atomic E-state index is -0.310. The molecule has 0 bridgehead atoms. The number of benzene rings is 1. The monoisotopic (exact) mass is 383 g/mol. The second kappa shape index (κ2) is 8.20. The molecule has 3 rings (SSSR count). The predicted octanol–water partition coefficient (Wildman–Crippen LogP) is 4.53. The summed E-state index contributed by atoms with van der Waals surface area (Å²) in [5.74, 6) is 0.576. The standard InChI is InChI=1S/C20H21N3O3S/c1-12-8-9-27-20(12)26-15-6-4-14(5-7-15)22-19(24)16-10-13(2)17(11-25-3)23-18(16)21/h4-10H,11H2,1-3H3,(H2,21,23)(H,22,24). The van der Waals surface area contributed by atoms with E-state index in [2.05, 4.69) is 10.3 Å². The first-order valence-corrected chi connectivity index (χ1v) is 9.24. The minimum absolute atomic E-state index is 0.179. The number of thiophene rings is 1. The number of nitrogens with one attached hydrogen (secondary N) is 1. The smallest absolute Gasteiger partial charge is 0.259 e. The molecule has 2 aromatic heterocycles. The molecule has 0 unspecified atom stereocenters. The lowest BCUT2D eigenvalue weighted by atomic mass is 10.1. The molecule has 2 heterocycles. The topological polar surface area (TPSA) is 86.5 Å². The third-order valence-electron chi connectivity index (χ3n) is 4.01. The lowest BCUT2D eigenvalue weighted by Crippen LogP contribution is -2.16.